The summed E-state index contributed by atoms with van der Waals surface area (Å²) in [7, 11) is 0. The molecule has 0 spiro atoms. The Morgan fingerprint density at radius 1 is 0.943 bits per heavy atom. The van der Waals surface area contributed by atoms with Gasteiger partial charge in [0.05, 0.1) is 17.9 Å². The van der Waals surface area contributed by atoms with E-state index < -0.39 is 0 Å². The van der Waals surface area contributed by atoms with Gasteiger partial charge in [-0.05, 0) is 12.1 Å². The summed E-state index contributed by atoms with van der Waals surface area (Å²) in [5.41, 5.74) is 2.28. The molecular weight excluding hydrogens is 462 g/mol. The van der Waals surface area contributed by atoms with Gasteiger partial charge in [-0.15, -0.1) is 11.3 Å². The lowest BCUT2D eigenvalue weighted by Crippen LogP contribution is -2.48. The van der Waals surface area contributed by atoms with Crippen LogP contribution in [0.3, 0.4) is 0 Å². The molecule has 3 heterocycles. The molecule has 0 saturated carbocycles. The number of hydrogen-bond donors (Lipinski definition) is 1. The van der Waals surface area contributed by atoms with Crippen molar-refractivity contribution in [1.82, 2.24) is 19.2 Å². The van der Waals surface area contributed by atoms with E-state index in [4.69, 9.17) is 0 Å². The molecule has 0 bridgehead atoms. The van der Waals surface area contributed by atoms with Gasteiger partial charge in [0.25, 0.3) is 5.56 Å². The fraction of sp³-hybridized carbons (Fsp3) is 0.231. The molecule has 1 aliphatic heterocycles. The van der Waals surface area contributed by atoms with E-state index in [1.807, 2.05) is 29.6 Å². The smallest absolute Gasteiger partial charge is 0.258 e. The number of thiazole rings is 1. The molecule has 0 aliphatic carbocycles. The van der Waals surface area contributed by atoms with Crippen LogP contribution in [0.25, 0.3) is 4.96 Å². The first-order valence-electron chi connectivity index (χ1n) is 11.5. The first-order chi connectivity index (χ1) is 17.1. The number of rotatable bonds is 7. The standard InChI is InChI=1S/C26H25N5O3S/c32-23(28-22-9-5-4-8-21(22)25(34)19-6-2-1-3-7-19)18-30-12-10-29(11-13-30)17-20-16-24(33)31-14-15-35-26(31)27-20/h1-9,14-16H,10-13,17-18H2,(H,28,32). The summed E-state index contributed by atoms with van der Waals surface area (Å²) in [6.45, 7) is 3.89. The minimum atomic E-state index is -0.149. The molecule has 0 unspecified atom stereocenters. The lowest BCUT2D eigenvalue weighted by Gasteiger charge is -2.34. The molecule has 8 nitrogen and oxygen atoms in total. The maximum absolute atomic E-state index is 12.9. The largest absolute Gasteiger partial charge is 0.324 e. The van der Waals surface area contributed by atoms with Gasteiger partial charge in [-0.3, -0.25) is 28.6 Å². The number of carbonyl (C=O) groups is 2. The molecule has 35 heavy (non-hydrogen) atoms. The Morgan fingerprint density at radius 3 is 2.46 bits per heavy atom. The maximum Gasteiger partial charge on any atom is 0.258 e. The predicted molar refractivity (Wildman–Crippen MR) is 136 cm³/mol. The van der Waals surface area contributed by atoms with Gasteiger partial charge >= 0.3 is 0 Å². The van der Waals surface area contributed by atoms with Gasteiger partial charge in [0.1, 0.15) is 0 Å². The molecule has 2 aromatic heterocycles. The van der Waals surface area contributed by atoms with Crippen LogP contribution in [0.2, 0.25) is 0 Å². The molecule has 1 fully saturated rings. The number of nitrogens with zero attached hydrogens (tertiary/aromatic N) is 4. The molecule has 1 saturated heterocycles. The second kappa shape index (κ2) is 10.3. The van der Waals surface area contributed by atoms with Gasteiger partial charge in [-0.25, -0.2) is 4.98 Å². The minimum Gasteiger partial charge on any atom is -0.324 e. The van der Waals surface area contributed by atoms with E-state index in [1.54, 1.807) is 47.0 Å². The third-order valence-corrected chi connectivity index (χ3v) is 6.81. The highest BCUT2D eigenvalue weighted by atomic mass is 32.1. The average Bonchev–Trinajstić information content (AvgIpc) is 3.35. The summed E-state index contributed by atoms with van der Waals surface area (Å²) in [4.78, 5) is 47.5. The van der Waals surface area contributed by atoms with Gasteiger partial charge < -0.3 is 5.32 Å². The van der Waals surface area contributed by atoms with Crippen molar-refractivity contribution in [3.63, 3.8) is 0 Å². The van der Waals surface area contributed by atoms with Gasteiger partial charge in [0.2, 0.25) is 5.91 Å². The monoisotopic (exact) mass is 487 g/mol. The molecule has 2 aromatic carbocycles. The zero-order valence-electron chi connectivity index (χ0n) is 19.1. The van der Waals surface area contributed by atoms with Gasteiger partial charge in [-0.1, -0.05) is 42.5 Å². The zero-order valence-corrected chi connectivity index (χ0v) is 19.9. The third kappa shape index (κ3) is 5.37. The zero-order chi connectivity index (χ0) is 24.2. The normalized spacial score (nSPS) is 14.7. The molecule has 1 amide bonds. The highest BCUT2D eigenvalue weighted by Gasteiger charge is 2.21. The summed E-state index contributed by atoms with van der Waals surface area (Å²) >= 11 is 1.45. The van der Waals surface area contributed by atoms with E-state index in [0.717, 1.165) is 31.9 Å². The molecule has 0 radical (unpaired) electrons. The Labute approximate surface area is 206 Å². The van der Waals surface area contributed by atoms with Gasteiger partial charge in [-0.2, -0.15) is 0 Å². The van der Waals surface area contributed by atoms with Crippen molar-refractivity contribution in [2.24, 2.45) is 0 Å². The molecule has 5 rings (SSSR count). The molecule has 9 heteroatoms. The minimum absolute atomic E-state index is 0.0624. The number of fused-ring (bicyclic) bond motifs is 1. The van der Waals surface area contributed by atoms with Crippen LogP contribution in [0.5, 0.6) is 0 Å². The van der Waals surface area contributed by atoms with Crippen LogP contribution in [0, 0.1) is 0 Å². The number of anilines is 1. The Kier molecular flexibility index (Phi) is 6.80. The number of aromatic nitrogens is 2. The Morgan fingerprint density at radius 2 is 1.66 bits per heavy atom. The van der Waals surface area contributed by atoms with E-state index in [2.05, 4.69) is 20.1 Å². The molecule has 0 atom stereocenters. The van der Waals surface area contributed by atoms with E-state index in [-0.39, 0.29) is 23.8 Å². The third-order valence-electron chi connectivity index (χ3n) is 6.06. The molecule has 1 N–H and O–H groups in total. The number of carbonyl (C=O) groups excluding carboxylic acids is 2. The average molecular weight is 488 g/mol. The Hall–Kier alpha value is -3.66. The number of para-hydroxylation sites is 1. The number of hydrogen-bond acceptors (Lipinski definition) is 7. The molecule has 4 aromatic rings. The molecular formula is C26H25N5O3S. The molecule has 1 aliphatic rings. The van der Waals surface area contributed by atoms with Crippen LogP contribution in [0.1, 0.15) is 21.6 Å². The SMILES string of the molecule is O=C(CN1CCN(Cc2cc(=O)n3ccsc3n2)CC1)Nc1ccccc1C(=O)c1ccccc1. The lowest BCUT2D eigenvalue weighted by molar-refractivity contribution is -0.117. The van der Waals surface area contributed by atoms with Crippen LogP contribution < -0.4 is 10.9 Å². The summed E-state index contributed by atoms with van der Waals surface area (Å²) < 4.78 is 1.55. The van der Waals surface area contributed by atoms with Crippen molar-refractivity contribution in [2.45, 2.75) is 6.54 Å². The highest BCUT2D eigenvalue weighted by molar-refractivity contribution is 7.15. The number of nitrogens with one attached hydrogen (secondary N) is 1. The van der Waals surface area contributed by atoms with Crippen molar-refractivity contribution < 1.29 is 9.59 Å². The number of benzene rings is 2. The van der Waals surface area contributed by atoms with Crippen LogP contribution in [-0.4, -0.2) is 63.6 Å². The summed E-state index contributed by atoms with van der Waals surface area (Å²) in [6.07, 6.45) is 1.74. The van der Waals surface area contributed by atoms with Gasteiger partial charge in [0.15, 0.2) is 10.7 Å². The van der Waals surface area contributed by atoms with Crippen molar-refractivity contribution in [3.8, 4) is 0 Å². The van der Waals surface area contributed by atoms with Crippen molar-refractivity contribution in [1.29, 1.82) is 0 Å². The van der Waals surface area contributed by atoms with E-state index in [1.165, 1.54) is 11.3 Å². The predicted octanol–water partition coefficient (Wildman–Crippen LogP) is 2.74. The van der Waals surface area contributed by atoms with Crippen LogP contribution >= 0.6 is 11.3 Å². The quantitative estimate of drug-likeness (QED) is 0.404. The van der Waals surface area contributed by atoms with Crippen molar-refractivity contribution >= 4 is 33.7 Å². The Balaban J connectivity index is 1.16. The van der Waals surface area contributed by atoms with E-state index in [9.17, 15) is 14.4 Å². The van der Waals surface area contributed by atoms with Crippen molar-refractivity contribution in [3.05, 3.63) is 99.4 Å². The summed E-state index contributed by atoms with van der Waals surface area (Å²) in [5, 5.41) is 4.77. The van der Waals surface area contributed by atoms with E-state index >= 15 is 0 Å². The fourth-order valence-electron chi connectivity index (χ4n) is 4.23. The first kappa shape index (κ1) is 23.1. The number of piperazine rings is 1. The topological polar surface area (TPSA) is 87.0 Å². The maximum atomic E-state index is 12.9. The first-order valence-corrected chi connectivity index (χ1v) is 12.3. The second-order valence-electron chi connectivity index (χ2n) is 8.48. The Bertz CT molecular complexity index is 1410. The second-order valence-corrected chi connectivity index (χ2v) is 9.36. The van der Waals surface area contributed by atoms with Crippen LogP contribution in [-0.2, 0) is 11.3 Å². The van der Waals surface area contributed by atoms with E-state index in [0.29, 0.717) is 28.3 Å². The van der Waals surface area contributed by atoms with Crippen molar-refractivity contribution in [2.75, 3.05) is 38.0 Å². The summed E-state index contributed by atoms with van der Waals surface area (Å²) in [5.74, 6) is -0.270. The lowest BCUT2D eigenvalue weighted by atomic mass is 10.0. The van der Waals surface area contributed by atoms with Crippen LogP contribution in [0.15, 0.2) is 77.0 Å². The van der Waals surface area contributed by atoms with Gasteiger partial charge in [0, 0.05) is 61.5 Å². The number of amides is 1. The molecule has 178 valence electrons. The fourth-order valence-corrected chi connectivity index (χ4v) is 4.97. The van der Waals surface area contributed by atoms with Crippen LogP contribution in [0.4, 0.5) is 5.69 Å². The number of ketones is 1. The highest BCUT2D eigenvalue weighted by Crippen LogP contribution is 2.19. The summed E-state index contributed by atoms with van der Waals surface area (Å²) in [6, 6.07) is 17.7.